The topological polar surface area (TPSA) is 98.7 Å². The second kappa shape index (κ2) is 10.0. The molecule has 1 aromatic carbocycles. The van der Waals surface area contributed by atoms with E-state index in [-0.39, 0.29) is 36.2 Å². The fraction of sp³-hybridized carbons (Fsp3) is 0.542. The monoisotopic (exact) mass is 461 g/mol. The zero-order chi connectivity index (χ0) is 23.6. The van der Waals surface area contributed by atoms with Crippen LogP contribution in [-0.2, 0) is 14.4 Å². The summed E-state index contributed by atoms with van der Waals surface area (Å²) in [5.41, 5.74) is 0.454. The minimum atomic E-state index is -0.856. The number of para-hydroxylation sites is 1. The van der Waals surface area contributed by atoms with Crippen LogP contribution in [0.4, 0.5) is 5.69 Å². The molecule has 1 saturated heterocycles. The normalized spacial score (nSPS) is 28.8. The summed E-state index contributed by atoms with van der Waals surface area (Å²) in [4.78, 5) is 41.6. The third-order valence-corrected chi connectivity index (χ3v) is 7.33. The molecule has 0 bridgehead atoms. The van der Waals surface area contributed by atoms with Gasteiger partial charge in [0.05, 0.1) is 35.2 Å². The summed E-state index contributed by atoms with van der Waals surface area (Å²) in [7, 11) is 1.55. The Bertz CT molecular complexity index is 905. The molecule has 0 unspecified atom stereocenters. The van der Waals surface area contributed by atoms with Gasteiger partial charge in [-0.05, 0) is 24.0 Å². The van der Waals surface area contributed by atoms with Gasteiger partial charge < -0.3 is 20.6 Å². The van der Waals surface area contributed by atoms with Crippen molar-refractivity contribution in [3.8, 4) is 0 Å². The molecule has 32 heavy (non-hydrogen) atoms. The maximum atomic E-state index is 13.8. The van der Waals surface area contributed by atoms with Crippen LogP contribution in [0.2, 0.25) is 5.02 Å². The Labute approximate surface area is 194 Å². The first kappa shape index (κ1) is 24.3. The van der Waals surface area contributed by atoms with Crippen LogP contribution in [0.5, 0.6) is 0 Å². The number of hydrogen-bond donors (Lipinski definition) is 3. The van der Waals surface area contributed by atoms with Gasteiger partial charge in [0.25, 0.3) is 0 Å². The molecule has 0 radical (unpaired) electrons. The highest BCUT2D eigenvalue weighted by Gasteiger charge is 2.58. The number of hydrogen-bond acceptors (Lipinski definition) is 4. The van der Waals surface area contributed by atoms with Gasteiger partial charge in [-0.3, -0.25) is 14.4 Å². The highest BCUT2D eigenvalue weighted by atomic mass is 35.5. The van der Waals surface area contributed by atoms with Crippen molar-refractivity contribution < 1.29 is 19.5 Å². The number of amides is 3. The Kier molecular flexibility index (Phi) is 7.62. The van der Waals surface area contributed by atoms with Crippen molar-refractivity contribution in [3.05, 3.63) is 41.4 Å². The zero-order valence-corrected chi connectivity index (χ0v) is 19.7. The lowest BCUT2D eigenvalue weighted by molar-refractivity contribution is -0.143. The van der Waals surface area contributed by atoms with Crippen LogP contribution in [0.15, 0.2) is 36.4 Å². The van der Waals surface area contributed by atoms with Crippen molar-refractivity contribution in [1.29, 1.82) is 0 Å². The van der Waals surface area contributed by atoms with E-state index in [2.05, 4.69) is 10.6 Å². The standard InChI is InChI=1S/C24H32ClN3O4/c1-5-13(2)18(12-29)28-21(23(31)27-17-9-7-6-8-16(17)25)15-11-10-14(3)19(22(30)26-4)20(15)24(28)32/h6-11,13-15,18-21,29H,5,12H2,1-4H3,(H,26,30)(H,27,31)/t13-,14+,15-,18-,19+,20-,21-/m0/s1. The maximum Gasteiger partial charge on any atom is 0.247 e. The summed E-state index contributed by atoms with van der Waals surface area (Å²) < 4.78 is 0. The lowest BCUT2D eigenvalue weighted by Crippen LogP contribution is -2.52. The lowest BCUT2D eigenvalue weighted by atomic mass is 9.70. The van der Waals surface area contributed by atoms with E-state index >= 15 is 0 Å². The number of allylic oxidation sites excluding steroid dienone is 1. The number of carbonyl (C=O) groups is 3. The number of anilines is 1. The number of halogens is 1. The minimum Gasteiger partial charge on any atom is -0.394 e. The van der Waals surface area contributed by atoms with Crippen LogP contribution in [0.3, 0.4) is 0 Å². The lowest BCUT2D eigenvalue weighted by Gasteiger charge is -2.36. The van der Waals surface area contributed by atoms with E-state index < -0.39 is 29.8 Å². The van der Waals surface area contributed by atoms with Gasteiger partial charge in [0.15, 0.2) is 0 Å². The average molecular weight is 462 g/mol. The molecule has 3 amide bonds. The third-order valence-electron chi connectivity index (χ3n) is 7.00. The quantitative estimate of drug-likeness (QED) is 0.543. The van der Waals surface area contributed by atoms with Gasteiger partial charge in [0.2, 0.25) is 17.7 Å². The average Bonchev–Trinajstić information content (AvgIpc) is 3.07. The Morgan fingerprint density at radius 3 is 2.50 bits per heavy atom. The molecule has 0 saturated carbocycles. The second-order valence-electron chi connectivity index (χ2n) is 8.78. The molecule has 3 rings (SSSR count). The van der Waals surface area contributed by atoms with Crippen molar-refractivity contribution in [2.75, 3.05) is 19.0 Å². The number of carbonyl (C=O) groups excluding carboxylic acids is 3. The van der Waals surface area contributed by atoms with Crippen molar-refractivity contribution in [2.45, 2.75) is 39.3 Å². The number of nitrogens with zero attached hydrogens (tertiary/aromatic N) is 1. The van der Waals surface area contributed by atoms with Gasteiger partial charge in [0.1, 0.15) is 6.04 Å². The van der Waals surface area contributed by atoms with E-state index in [1.807, 2.05) is 32.9 Å². The molecule has 1 fully saturated rings. The maximum absolute atomic E-state index is 13.8. The molecule has 0 aromatic heterocycles. The molecule has 2 aliphatic rings. The molecular formula is C24H32ClN3O4. The third kappa shape index (κ3) is 4.28. The van der Waals surface area contributed by atoms with Gasteiger partial charge in [-0.25, -0.2) is 0 Å². The van der Waals surface area contributed by atoms with Crippen molar-refractivity contribution >= 4 is 35.0 Å². The fourth-order valence-electron chi connectivity index (χ4n) is 5.05. The summed E-state index contributed by atoms with van der Waals surface area (Å²) in [5, 5.41) is 16.1. The van der Waals surface area contributed by atoms with E-state index in [9.17, 15) is 19.5 Å². The van der Waals surface area contributed by atoms with Crippen LogP contribution in [0.25, 0.3) is 0 Å². The molecule has 1 aliphatic carbocycles. The largest absolute Gasteiger partial charge is 0.394 e. The number of benzene rings is 1. The fourth-order valence-corrected chi connectivity index (χ4v) is 5.23. The predicted molar refractivity (Wildman–Crippen MR) is 124 cm³/mol. The SMILES string of the molecule is CC[C@H](C)[C@H](CO)N1C(=O)[C@H]2[C@H](C=C[C@@H](C)[C@H]2C(=O)NC)[C@H]1C(=O)Nc1ccccc1Cl. The molecule has 1 heterocycles. The first-order valence-electron chi connectivity index (χ1n) is 11.1. The molecule has 7 nitrogen and oxygen atoms in total. The van der Waals surface area contributed by atoms with Crippen LogP contribution < -0.4 is 10.6 Å². The Morgan fingerprint density at radius 2 is 1.91 bits per heavy atom. The smallest absolute Gasteiger partial charge is 0.247 e. The summed E-state index contributed by atoms with van der Waals surface area (Å²) in [6.45, 7) is 5.57. The first-order chi connectivity index (χ1) is 15.3. The molecule has 7 atom stereocenters. The molecule has 8 heteroatoms. The number of fused-ring (bicyclic) bond motifs is 1. The van der Waals surface area contributed by atoms with E-state index in [1.54, 1.807) is 31.3 Å². The summed E-state index contributed by atoms with van der Waals surface area (Å²) in [5.74, 6) is -2.78. The Morgan fingerprint density at radius 1 is 1.22 bits per heavy atom. The molecule has 3 N–H and O–H groups in total. The van der Waals surface area contributed by atoms with Crippen molar-refractivity contribution in [1.82, 2.24) is 10.2 Å². The molecular weight excluding hydrogens is 430 g/mol. The molecule has 1 aromatic rings. The minimum absolute atomic E-state index is 0.0282. The summed E-state index contributed by atoms with van der Waals surface area (Å²) >= 11 is 6.24. The highest BCUT2D eigenvalue weighted by molar-refractivity contribution is 6.33. The Balaban J connectivity index is 2.06. The van der Waals surface area contributed by atoms with Gasteiger partial charge in [-0.2, -0.15) is 0 Å². The van der Waals surface area contributed by atoms with Crippen LogP contribution in [0, 0.1) is 29.6 Å². The van der Waals surface area contributed by atoms with E-state index in [4.69, 9.17) is 11.6 Å². The Hall–Kier alpha value is -2.38. The molecule has 174 valence electrons. The number of nitrogens with one attached hydrogen (secondary N) is 2. The van der Waals surface area contributed by atoms with E-state index in [0.29, 0.717) is 10.7 Å². The van der Waals surface area contributed by atoms with Gasteiger partial charge in [-0.1, -0.05) is 63.1 Å². The number of rotatable bonds is 7. The second-order valence-corrected chi connectivity index (χ2v) is 9.19. The van der Waals surface area contributed by atoms with E-state index in [0.717, 1.165) is 6.42 Å². The summed E-state index contributed by atoms with van der Waals surface area (Å²) in [6, 6.07) is 5.52. The molecule has 1 aliphatic heterocycles. The molecule has 0 spiro atoms. The van der Waals surface area contributed by atoms with E-state index in [1.165, 1.54) is 4.90 Å². The van der Waals surface area contributed by atoms with Crippen molar-refractivity contribution in [3.63, 3.8) is 0 Å². The summed E-state index contributed by atoms with van der Waals surface area (Å²) in [6.07, 6.45) is 4.52. The van der Waals surface area contributed by atoms with Crippen molar-refractivity contribution in [2.24, 2.45) is 29.6 Å². The van der Waals surface area contributed by atoms with Crippen LogP contribution in [0.1, 0.15) is 27.2 Å². The highest BCUT2D eigenvalue weighted by Crippen LogP contribution is 2.45. The van der Waals surface area contributed by atoms with Crippen LogP contribution in [-0.4, -0.2) is 53.5 Å². The van der Waals surface area contributed by atoms with Crippen LogP contribution >= 0.6 is 11.6 Å². The number of aliphatic hydroxyl groups is 1. The predicted octanol–water partition coefficient (Wildman–Crippen LogP) is 2.70. The number of aliphatic hydroxyl groups excluding tert-OH is 1. The van der Waals surface area contributed by atoms with Gasteiger partial charge >= 0.3 is 0 Å². The number of likely N-dealkylation sites (tertiary alicyclic amines) is 1. The zero-order valence-electron chi connectivity index (χ0n) is 18.9. The first-order valence-corrected chi connectivity index (χ1v) is 11.5. The van der Waals surface area contributed by atoms with Gasteiger partial charge in [-0.15, -0.1) is 0 Å². The van der Waals surface area contributed by atoms with Gasteiger partial charge in [0, 0.05) is 13.0 Å².